The van der Waals surface area contributed by atoms with Crippen LogP contribution in [-0.2, 0) is 14.4 Å². The summed E-state index contributed by atoms with van der Waals surface area (Å²) in [6.45, 7) is 1.72. The fourth-order valence-corrected chi connectivity index (χ4v) is 1.46. The van der Waals surface area contributed by atoms with Crippen LogP contribution < -0.4 is 0 Å². The van der Waals surface area contributed by atoms with Gasteiger partial charge < -0.3 is 15.3 Å². The first kappa shape index (κ1) is 14.4. The molecule has 0 rings (SSSR count). The third-order valence-electron chi connectivity index (χ3n) is 2.31. The fourth-order valence-electron chi connectivity index (χ4n) is 1.46. The molecule has 0 bridgehead atoms. The molecule has 0 saturated carbocycles. The minimum absolute atomic E-state index is 0.0272. The van der Waals surface area contributed by atoms with Crippen molar-refractivity contribution < 1.29 is 29.7 Å². The van der Waals surface area contributed by atoms with Gasteiger partial charge in [-0.1, -0.05) is 6.92 Å². The first-order chi connectivity index (χ1) is 7.32. The van der Waals surface area contributed by atoms with Crippen molar-refractivity contribution in [2.45, 2.75) is 32.6 Å². The molecule has 0 aromatic carbocycles. The molecule has 0 aliphatic carbocycles. The smallest absolute Gasteiger partial charge is 0.307 e. The summed E-state index contributed by atoms with van der Waals surface area (Å²) in [6, 6.07) is 0. The van der Waals surface area contributed by atoms with Gasteiger partial charge in [-0.3, -0.25) is 14.4 Å². The van der Waals surface area contributed by atoms with E-state index >= 15 is 0 Å². The van der Waals surface area contributed by atoms with Crippen LogP contribution in [0.15, 0.2) is 0 Å². The summed E-state index contributed by atoms with van der Waals surface area (Å²) < 4.78 is 0. The Bertz CT molecular complexity index is 272. The number of carbonyl (C=O) groups is 3. The average molecular weight is 232 g/mol. The summed E-state index contributed by atoms with van der Waals surface area (Å²) in [5, 5.41) is 25.7. The van der Waals surface area contributed by atoms with Crippen molar-refractivity contribution in [3.63, 3.8) is 0 Å². The Morgan fingerprint density at radius 1 is 1.06 bits per heavy atom. The molecular formula is C10H16O6. The largest absolute Gasteiger partial charge is 0.481 e. The monoisotopic (exact) mass is 232 g/mol. The van der Waals surface area contributed by atoms with E-state index in [9.17, 15) is 14.4 Å². The summed E-state index contributed by atoms with van der Waals surface area (Å²) in [7, 11) is 0. The molecular weight excluding hydrogens is 216 g/mol. The zero-order valence-electron chi connectivity index (χ0n) is 9.05. The molecule has 0 aromatic rings. The molecule has 2 atom stereocenters. The summed E-state index contributed by atoms with van der Waals surface area (Å²) in [6.07, 6.45) is 0.0982. The minimum atomic E-state index is -1.15. The summed E-state index contributed by atoms with van der Waals surface area (Å²) in [4.78, 5) is 31.4. The Balaban J connectivity index is 4.12. The van der Waals surface area contributed by atoms with E-state index < -0.39 is 30.2 Å². The zero-order valence-corrected chi connectivity index (χ0v) is 9.05. The maximum absolute atomic E-state index is 10.7. The van der Waals surface area contributed by atoms with Gasteiger partial charge in [0.2, 0.25) is 0 Å². The molecule has 0 aromatic heterocycles. The first-order valence-electron chi connectivity index (χ1n) is 4.99. The maximum atomic E-state index is 10.7. The van der Waals surface area contributed by atoms with Crippen molar-refractivity contribution in [3.8, 4) is 0 Å². The predicted molar refractivity (Wildman–Crippen MR) is 54.0 cm³/mol. The Kier molecular flexibility index (Phi) is 6.14. The predicted octanol–water partition coefficient (Wildman–Crippen LogP) is 1.05. The molecule has 0 aliphatic rings. The zero-order chi connectivity index (χ0) is 12.7. The average Bonchev–Trinajstić information content (AvgIpc) is 2.12. The van der Waals surface area contributed by atoms with E-state index in [-0.39, 0.29) is 18.8 Å². The van der Waals surface area contributed by atoms with Crippen molar-refractivity contribution in [3.05, 3.63) is 0 Å². The molecule has 0 spiro atoms. The standard InChI is InChI=1S/C10H16O6/c1-6(2-3-8(11)12)4-7(10(15)16)5-9(13)14/h6-7H,2-5H2,1H3,(H,11,12)(H,13,14)(H,15,16). The van der Waals surface area contributed by atoms with Gasteiger partial charge >= 0.3 is 17.9 Å². The van der Waals surface area contributed by atoms with Crippen LogP contribution in [0.2, 0.25) is 0 Å². The highest BCUT2D eigenvalue weighted by atomic mass is 16.4. The number of carboxylic acid groups (broad SMARTS) is 3. The summed E-state index contributed by atoms with van der Waals surface area (Å²) in [5.74, 6) is -4.29. The van der Waals surface area contributed by atoms with E-state index in [1.165, 1.54) is 0 Å². The Hall–Kier alpha value is -1.59. The number of carboxylic acids is 3. The van der Waals surface area contributed by atoms with Gasteiger partial charge in [0.25, 0.3) is 0 Å². The second-order valence-corrected chi connectivity index (χ2v) is 3.91. The summed E-state index contributed by atoms with van der Waals surface area (Å²) in [5.41, 5.74) is 0. The highest BCUT2D eigenvalue weighted by Gasteiger charge is 2.23. The molecule has 0 aliphatic heterocycles. The molecule has 0 amide bonds. The molecule has 0 saturated heterocycles. The van der Waals surface area contributed by atoms with Crippen LogP contribution >= 0.6 is 0 Å². The molecule has 3 N–H and O–H groups in total. The van der Waals surface area contributed by atoms with Crippen LogP contribution in [0.5, 0.6) is 0 Å². The molecule has 0 radical (unpaired) electrons. The van der Waals surface area contributed by atoms with Gasteiger partial charge in [0.1, 0.15) is 0 Å². The Labute approximate surface area is 92.9 Å². The van der Waals surface area contributed by atoms with E-state index in [1.54, 1.807) is 6.92 Å². The van der Waals surface area contributed by atoms with Gasteiger partial charge in [-0.15, -0.1) is 0 Å². The third-order valence-corrected chi connectivity index (χ3v) is 2.31. The van der Waals surface area contributed by atoms with Crippen LogP contribution in [-0.4, -0.2) is 33.2 Å². The van der Waals surface area contributed by atoms with Crippen molar-refractivity contribution in [2.24, 2.45) is 11.8 Å². The second-order valence-electron chi connectivity index (χ2n) is 3.91. The Morgan fingerprint density at radius 2 is 1.62 bits per heavy atom. The van der Waals surface area contributed by atoms with Gasteiger partial charge in [0.15, 0.2) is 0 Å². The van der Waals surface area contributed by atoms with Gasteiger partial charge in [-0.25, -0.2) is 0 Å². The first-order valence-corrected chi connectivity index (χ1v) is 4.99. The van der Waals surface area contributed by atoms with Crippen molar-refractivity contribution in [2.75, 3.05) is 0 Å². The SMILES string of the molecule is CC(CCC(=O)O)CC(CC(=O)O)C(=O)O. The van der Waals surface area contributed by atoms with Crippen LogP contribution in [0.1, 0.15) is 32.6 Å². The van der Waals surface area contributed by atoms with E-state index in [0.717, 1.165) is 0 Å². The number of hydrogen-bond donors (Lipinski definition) is 3. The second kappa shape index (κ2) is 6.81. The van der Waals surface area contributed by atoms with Gasteiger partial charge in [-0.05, 0) is 18.8 Å². The van der Waals surface area contributed by atoms with Crippen LogP contribution in [0.4, 0.5) is 0 Å². The fraction of sp³-hybridized carbons (Fsp3) is 0.700. The van der Waals surface area contributed by atoms with Crippen molar-refractivity contribution >= 4 is 17.9 Å². The highest BCUT2D eigenvalue weighted by molar-refractivity contribution is 5.77. The molecule has 16 heavy (non-hydrogen) atoms. The van der Waals surface area contributed by atoms with Gasteiger partial charge in [0.05, 0.1) is 12.3 Å². The third kappa shape index (κ3) is 6.80. The van der Waals surface area contributed by atoms with Crippen molar-refractivity contribution in [1.29, 1.82) is 0 Å². The van der Waals surface area contributed by atoms with Crippen LogP contribution in [0, 0.1) is 11.8 Å². The number of hydrogen-bond acceptors (Lipinski definition) is 3. The lowest BCUT2D eigenvalue weighted by Crippen LogP contribution is -2.20. The van der Waals surface area contributed by atoms with Crippen LogP contribution in [0.25, 0.3) is 0 Å². The minimum Gasteiger partial charge on any atom is -0.481 e. The maximum Gasteiger partial charge on any atom is 0.307 e. The topological polar surface area (TPSA) is 112 Å². The molecule has 0 fully saturated rings. The van der Waals surface area contributed by atoms with Gasteiger partial charge in [0, 0.05) is 6.42 Å². The van der Waals surface area contributed by atoms with Gasteiger partial charge in [-0.2, -0.15) is 0 Å². The van der Waals surface area contributed by atoms with E-state index in [0.29, 0.717) is 6.42 Å². The number of rotatable bonds is 8. The quantitative estimate of drug-likeness (QED) is 0.576. The lowest BCUT2D eigenvalue weighted by atomic mass is 9.90. The number of aliphatic carboxylic acids is 3. The van der Waals surface area contributed by atoms with Crippen LogP contribution in [0.3, 0.4) is 0 Å². The molecule has 0 heterocycles. The van der Waals surface area contributed by atoms with E-state index in [1.807, 2.05) is 0 Å². The molecule has 92 valence electrons. The van der Waals surface area contributed by atoms with Crippen molar-refractivity contribution in [1.82, 2.24) is 0 Å². The Morgan fingerprint density at radius 3 is 2.00 bits per heavy atom. The highest BCUT2D eigenvalue weighted by Crippen LogP contribution is 2.20. The molecule has 2 unspecified atom stereocenters. The van der Waals surface area contributed by atoms with E-state index in [4.69, 9.17) is 15.3 Å². The summed E-state index contributed by atoms with van der Waals surface area (Å²) >= 11 is 0. The lowest BCUT2D eigenvalue weighted by molar-refractivity contribution is -0.148. The van der Waals surface area contributed by atoms with E-state index in [2.05, 4.69) is 0 Å². The molecule has 6 nitrogen and oxygen atoms in total. The normalized spacial score (nSPS) is 14.1. The molecule has 6 heteroatoms. The lowest BCUT2D eigenvalue weighted by Gasteiger charge is -2.15.